The van der Waals surface area contributed by atoms with E-state index in [-0.39, 0.29) is 29.8 Å². The van der Waals surface area contributed by atoms with Gasteiger partial charge in [-0.1, -0.05) is 17.7 Å². The van der Waals surface area contributed by atoms with Crippen LogP contribution in [-0.4, -0.2) is 31.1 Å². The van der Waals surface area contributed by atoms with Gasteiger partial charge in [0, 0.05) is 24.4 Å². The number of nitrogens with one attached hydrogen (secondary N) is 1. The molecule has 2 aromatic rings. The van der Waals surface area contributed by atoms with Crippen molar-refractivity contribution in [2.24, 2.45) is 5.92 Å². The highest BCUT2D eigenvalue weighted by atomic mass is 16.5. The number of Topliss-reactive ketones (excluding diaryl/α,β-unsaturated/α-hetero) is 2. The van der Waals surface area contributed by atoms with Crippen LogP contribution in [0.1, 0.15) is 51.4 Å². The minimum Gasteiger partial charge on any atom is -0.497 e. The van der Waals surface area contributed by atoms with Crippen molar-refractivity contribution in [1.82, 2.24) is 5.32 Å². The molecule has 2 aromatic carbocycles. The average Bonchev–Trinajstić information content (AvgIpc) is 2.95. The molecular formula is C24H27NO4. The fraction of sp³-hybridized carbons (Fsp3) is 0.375. The number of aryl methyl sites for hydroxylation is 3. The number of rotatable bonds is 6. The van der Waals surface area contributed by atoms with Gasteiger partial charge in [-0.05, 0) is 68.1 Å². The Hall–Kier alpha value is -2.95. The first kappa shape index (κ1) is 20.8. The molecule has 1 saturated carbocycles. The predicted octanol–water partition coefficient (Wildman–Crippen LogP) is 3.68. The SMILES string of the molecule is COc1ccc(C(=O)NCCC2CC(=O)C(c3c(C)cc(C)cc3C)C2=O)cc1. The van der Waals surface area contributed by atoms with Gasteiger partial charge in [0.15, 0.2) is 5.78 Å². The van der Waals surface area contributed by atoms with Crippen LogP contribution in [0.2, 0.25) is 0 Å². The van der Waals surface area contributed by atoms with Crippen molar-refractivity contribution >= 4 is 17.5 Å². The maximum Gasteiger partial charge on any atom is 0.251 e. The van der Waals surface area contributed by atoms with E-state index in [0.29, 0.717) is 24.3 Å². The van der Waals surface area contributed by atoms with Crippen molar-refractivity contribution < 1.29 is 19.1 Å². The lowest BCUT2D eigenvalue weighted by Gasteiger charge is -2.16. The van der Waals surface area contributed by atoms with Gasteiger partial charge in [0.2, 0.25) is 0 Å². The molecule has 5 heteroatoms. The Labute approximate surface area is 171 Å². The molecule has 5 nitrogen and oxygen atoms in total. The van der Waals surface area contributed by atoms with Gasteiger partial charge in [-0.3, -0.25) is 14.4 Å². The van der Waals surface area contributed by atoms with Crippen LogP contribution in [-0.2, 0) is 9.59 Å². The van der Waals surface area contributed by atoms with Crippen molar-refractivity contribution in [3.63, 3.8) is 0 Å². The lowest BCUT2D eigenvalue weighted by molar-refractivity contribution is -0.124. The van der Waals surface area contributed by atoms with Gasteiger partial charge in [0.05, 0.1) is 7.11 Å². The minimum absolute atomic E-state index is 0.0171. The molecule has 2 atom stereocenters. The van der Waals surface area contributed by atoms with Crippen LogP contribution < -0.4 is 10.1 Å². The number of carbonyl (C=O) groups excluding carboxylic acids is 3. The van der Waals surface area contributed by atoms with E-state index in [9.17, 15) is 14.4 Å². The third-order valence-corrected chi connectivity index (χ3v) is 5.61. The summed E-state index contributed by atoms with van der Waals surface area (Å²) in [5.74, 6) is -0.572. The molecule has 1 fully saturated rings. The van der Waals surface area contributed by atoms with Gasteiger partial charge < -0.3 is 10.1 Å². The first-order chi connectivity index (χ1) is 13.8. The second kappa shape index (κ2) is 8.60. The fourth-order valence-corrected chi connectivity index (χ4v) is 4.25. The van der Waals surface area contributed by atoms with E-state index in [0.717, 1.165) is 22.3 Å². The van der Waals surface area contributed by atoms with Gasteiger partial charge in [-0.15, -0.1) is 0 Å². The van der Waals surface area contributed by atoms with Crippen LogP contribution in [0, 0.1) is 26.7 Å². The molecule has 0 radical (unpaired) electrons. The van der Waals surface area contributed by atoms with E-state index >= 15 is 0 Å². The van der Waals surface area contributed by atoms with E-state index in [1.807, 2.05) is 32.9 Å². The lowest BCUT2D eigenvalue weighted by atomic mass is 9.86. The Morgan fingerprint density at radius 2 is 1.69 bits per heavy atom. The smallest absolute Gasteiger partial charge is 0.251 e. The molecule has 1 aliphatic carbocycles. The number of hydrogen-bond donors (Lipinski definition) is 1. The molecule has 0 aromatic heterocycles. The summed E-state index contributed by atoms with van der Waals surface area (Å²) in [5, 5.41) is 2.84. The first-order valence-corrected chi connectivity index (χ1v) is 9.88. The molecule has 29 heavy (non-hydrogen) atoms. The number of benzene rings is 2. The zero-order valence-electron chi connectivity index (χ0n) is 17.4. The molecule has 152 valence electrons. The molecule has 1 aliphatic rings. The largest absolute Gasteiger partial charge is 0.497 e. The molecule has 0 bridgehead atoms. The van der Waals surface area contributed by atoms with Gasteiger partial charge in [0.1, 0.15) is 17.5 Å². The Bertz CT molecular complexity index is 923. The zero-order chi connectivity index (χ0) is 21.1. The summed E-state index contributed by atoms with van der Waals surface area (Å²) in [6, 6.07) is 10.9. The van der Waals surface area contributed by atoms with Gasteiger partial charge in [-0.25, -0.2) is 0 Å². The minimum atomic E-state index is -0.669. The quantitative estimate of drug-likeness (QED) is 0.760. The number of hydrogen-bond acceptors (Lipinski definition) is 4. The number of methoxy groups -OCH3 is 1. The summed E-state index contributed by atoms with van der Waals surface area (Å²) < 4.78 is 5.09. The van der Waals surface area contributed by atoms with Crippen LogP contribution in [0.15, 0.2) is 36.4 Å². The van der Waals surface area contributed by atoms with Crippen LogP contribution in [0.4, 0.5) is 0 Å². The molecule has 0 heterocycles. The second-order valence-corrected chi connectivity index (χ2v) is 7.79. The molecule has 3 rings (SSSR count). The maximum absolute atomic E-state index is 13.0. The number of ether oxygens (including phenoxy) is 1. The highest BCUT2D eigenvalue weighted by Crippen LogP contribution is 2.37. The van der Waals surface area contributed by atoms with E-state index in [1.165, 1.54) is 0 Å². The van der Waals surface area contributed by atoms with E-state index in [2.05, 4.69) is 5.32 Å². The number of amides is 1. The van der Waals surface area contributed by atoms with Gasteiger partial charge in [-0.2, -0.15) is 0 Å². The molecule has 1 amide bonds. The van der Waals surface area contributed by atoms with Crippen LogP contribution in [0.25, 0.3) is 0 Å². The lowest BCUT2D eigenvalue weighted by Crippen LogP contribution is -2.27. The third kappa shape index (κ3) is 4.39. The Balaban J connectivity index is 1.62. The Kier molecular flexibility index (Phi) is 6.16. The third-order valence-electron chi connectivity index (χ3n) is 5.61. The molecule has 0 aliphatic heterocycles. The monoisotopic (exact) mass is 393 g/mol. The zero-order valence-corrected chi connectivity index (χ0v) is 17.4. The van der Waals surface area contributed by atoms with Crippen LogP contribution in [0.3, 0.4) is 0 Å². The summed E-state index contributed by atoms with van der Waals surface area (Å²) in [7, 11) is 1.57. The van der Waals surface area contributed by atoms with E-state index in [1.54, 1.807) is 31.4 Å². The first-order valence-electron chi connectivity index (χ1n) is 9.88. The molecule has 1 N–H and O–H groups in total. The van der Waals surface area contributed by atoms with Crippen molar-refractivity contribution in [3.8, 4) is 5.75 Å². The van der Waals surface area contributed by atoms with Crippen LogP contribution in [0.5, 0.6) is 5.75 Å². The second-order valence-electron chi connectivity index (χ2n) is 7.79. The Morgan fingerprint density at radius 1 is 1.07 bits per heavy atom. The summed E-state index contributed by atoms with van der Waals surface area (Å²) in [6.07, 6.45) is 0.710. The Morgan fingerprint density at radius 3 is 2.28 bits per heavy atom. The molecule has 2 unspecified atom stereocenters. The maximum atomic E-state index is 13.0. The van der Waals surface area contributed by atoms with Crippen molar-refractivity contribution in [2.75, 3.05) is 13.7 Å². The van der Waals surface area contributed by atoms with Crippen molar-refractivity contribution in [2.45, 2.75) is 39.5 Å². The molecular weight excluding hydrogens is 366 g/mol. The predicted molar refractivity (Wildman–Crippen MR) is 111 cm³/mol. The van der Waals surface area contributed by atoms with Crippen molar-refractivity contribution in [1.29, 1.82) is 0 Å². The fourth-order valence-electron chi connectivity index (χ4n) is 4.25. The summed E-state index contributed by atoms with van der Waals surface area (Å²) in [4.78, 5) is 37.9. The summed E-state index contributed by atoms with van der Waals surface area (Å²) >= 11 is 0. The average molecular weight is 393 g/mol. The highest BCUT2D eigenvalue weighted by Gasteiger charge is 2.42. The molecule has 0 spiro atoms. The topological polar surface area (TPSA) is 72.5 Å². The van der Waals surface area contributed by atoms with Gasteiger partial charge >= 0.3 is 0 Å². The highest BCUT2D eigenvalue weighted by molar-refractivity contribution is 6.15. The summed E-state index contributed by atoms with van der Waals surface area (Å²) in [6.45, 7) is 6.28. The standard InChI is InChI=1S/C24H27NO4/c1-14-11-15(2)21(16(3)12-14)22-20(26)13-18(23(22)27)9-10-25-24(28)17-5-7-19(29-4)8-6-17/h5-8,11-12,18,22H,9-10,13H2,1-4H3,(H,25,28). The molecule has 0 saturated heterocycles. The van der Waals surface area contributed by atoms with E-state index < -0.39 is 5.92 Å². The van der Waals surface area contributed by atoms with Gasteiger partial charge in [0.25, 0.3) is 5.91 Å². The normalized spacial score (nSPS) is 18.8. The number of carbonyl (C=O) groups is 3. The summed E-state index contributed by atoms with van der Waals surface area (Å²) in [5.41, 5.74) is 4.49. The number of ketones is 2. The van der Waals surface area contributed by atoms with Crippen molar-refractivity contribution in [3.05, 3.63) is 64.2 Å². The van der Waals surface area contributed by atoms with Crippen LogP contribution >= 0.6 is 0 Å². The van der Waals surface area contributed by atoms with E-state index in [4.69, 9.17) is 4.74 Å².